The van der Waals surface area contributed by atoms with E-state index in [4.69, 9.17) is 21.1 Å². The maximum atomic E-state index is 5.61. The second-order valence-electron chi connectivity index (χ2n) is 2.67. The van der Waals surface area contributed by atoms with Crippen LogP contribution in [-0.4, -0.2) is 24.8 Å². The molecule has 1 rings (SSSR count). The Balaban J connectivity index is 2.41. The monoisotopic (exact) mass is 201 g/mol. The minimum Gasteiger partial charge on any atom is -0.489 e. The molecule has 0 N–H and O–H groups in total. The van der Waals surface area contributed by atoms with Crippen molar-refractivity contribution in [3.05, 3.63) is 23.5 Å². The molecule has 0 fully saturated rings. The van der Waals surface area contributed by atoms with Crippen molar-refractivity contribution in [3.63, 3.8) is 0 Å². The van der Waals surface area contributed by atoms with Gasteiger partial charge in [0.05, 0.1) is 12.3 Å². The first-order valence-electron chi connectivity index (χ1n) is 3.99. The van der Waals surface area contributed by atoms with Gasteiger partial charge in [0.1, 0.15) is 17.5 Å². The standard InChI is InChI=1S/C9H12ClNO2/c1-7(12-2)6-13-8-3-4-9(10)11-5-8/h3-5,7H,6H2,1-2H3. The molecule has 0 amide bonds. The molecule has 3 nitrogen and oxygen atoms in total. The van der Waals surface area contributed by atoms with E-state index in [1.165, 1.54) is 0 Å². The lowest BCUT2D eigenvalue weighted by Crippen LogP contribution is -2.15. The van der Waals surface area contributed by atoms with Gasteiger partial charge in [-0.2, -0.15) is 0 Å². The second-order valence-corrected chi connectivity index (χ2v) is 3.06. The van der Waals surface area contributed by atoms with Gasteiger partial charge in [-0.1, -0.05) is 11.6 Å². The number of hydrogen-bond acceptors (Lipinski definition) is 3. The largest absolute Gasteiger partial charge is 0.489 e. The van der Waals surface area contributed by atoms with Gasteiger partial charge >= 0.3 is 0 Å². The molecule has 0 spiro atoms. The van der Waals surface area contributed by atoms with E-state index >= 15 is 0 Å². The maximum Gasteiger partial charge on any atom is 0.137 e. The molecular formula is C9H12ClNO2. The summed E-state index contributed by atoms with van der Waals surface area (Å²) in [6, 6.07) is 3.46. The van der Waals surface area contributed by atoms with Crippen LogP contribution in [0.3, 0.4) is 0 Å². The summed E-state index contributed by atoms with van der Waals surface area (Å²) in [7, 11) is 1.65. The molecule has 1 aromatic rings. The van der Waals surface area contributed by atoms with Crippen LogP contribution in [0.4, 0.5) is 0 Å². The Labute approximate surface area is 82.6 Å². The van der Waals surface area contributed by atoms with Crippen LogP contribution in [0.2, 0.25) is 5.15 Å². The number of halogens is 1. The summed E-state index contributed by atoms with van der Waals surface area (Å²) in [4.78, 5) is 3.88. The van der Waals surface area contributed by atoms with Crippen LogP contribution in [0.1, 0.15) is 6.92 Å². The summed E-state index contributed by atoms with van der Waals surface area (Å²) >= 11 is 5.61. The highest BCUT2D eigenvalue weighted by Crippen LogP contribution is 2.12. The van der Waals surface area contributed by atoms with Crippen LogP contribution in [0, 0.1) is 0 Å². The van der Waals surface area contributed by atoms with Crippen molar-refractivity contribution in [2.24, 2.45) is 0 Å². The van der Waals surface area contributed by atoms with E-state index in [1.54, 1.807) is 25.4 Å². The van der Waals surface area contributed by atoms with E-state index in [2.05, 4.69) is 4.98 Å². The molecule has 1 aromatic heterocycles. The number of aromatic nitrogens is 1. The lowest BCUT2D eigenvalue weighted by Gasteiger charge is -2.10. The molecule has 1 heterocycles. The van der Waals surface area contributed by atoms with Gasteiger partial charge in [0.2, 0.25) is 0 Å². The normalized spacial score (nSPS) is 12.5. The van der Waals surface area contributed by atoms with Crippen LogP contribution in [0.25, 0.3) is 0 Å². The van der Waals surface area contributed by atoms with E-state index in [0.29, 0.717) is 17.5 Å². The molecule has 13 heavy (non-hydrogen) atoms. The third-order valence-electron chi connectivity index (χ3n) is 1.59. The van der Waals surface area contributed by atoms with Gasteiger partial charge in [0, 0.05) is 7.11 Å². The molecule has 0 aromatic carbocycles. The minimum atomic E-state index is 0.0793. The molecule has 0 saturated heterocycles. The number of hydrogen-bond donors (Lipinski definition) is 0. The summed E-state index contributed by atoms with van der Waals surface area (Å²) in [5.41, 5.74) is 0. The Kier molecular flexibility index (Phi) is 3.99. The average molecular weight is 202 g/mol. The van der Waals surface area contributed by atoms with Crippen LogP contribution < -0.4 is 4.74 Å². The van der Waals surface area contributed by atoms with E-state index < -0.39 is 0 Å². The SMILES string of the molecule is COC(C)COc1ccc(Cl)nc1. The van der Waals surface area contributed by atoms with Crippen LogP contribution >= 0.6 is 11.6 Å². The van der Waals surface area contributed by atoms with Crippen LogP contribution in [0.5, 0.6) is 5.75 Å². The van der Waals surface area contributed by atoms with Crippen molar-refractivity contribution in [1.29, 1.82) is 0 Å². The first kappa shape index (κ1) is 10.3. The van der Waals surface area contributed by atoms with Crippen molar-refractivity contribution in [3.8, 4) is 5.75 Å². The summed E-state index contributed by atoms with van der Waals surface area (Å²) in [5, 5.41) is 0.465. The van der Waals surface area contributed by atoms with Crippen molar-refractivity contribution in [2.75, 3.05) is 13.7 Å². The third-order valence-corrected chi connectivity index (χ3v) is 1.81. The number of rotatable bonds is 4. The Morgan fingerprint density at radius 2 is 2.31 bits per heavy atom. The van der Waals surface area contributed by atoms with Gasteiger partial charge in [0.15, 0.2) is 0 Å². The van der Waals surface area contributed by atoms with E-state index in [0.717, 1.165) is 0 Å². The molecule has 0 radical (unpaired) electrons. The zero-order chi connectivity index (χ0) is 9.68. The van der Waals surface area contributed by atoms with Crippen LogP contribution in [0.15, 0.2) is 18.3 Å². The fraction of sp³-hybridized carbons (Fsp3) is 0.444. The minimum absolute atomic E-state index is 0.0793. The summed E-state index contributed by atoms with van der Waals surface area (Å²) in [5.74, 6) is 0.702. The lowest BCUT2D eigenvalue weighted by molar-refractivity contribution is 0.0715. The number of methoxy groups -OCH3 is 1. The second kappa shape index (κ2) is 5.04. The Morgan fingerprint density at radius 1 is 1.54 bits per heavy atom. The highest BCUT2D eigenvalue weighted by Gasteiger charge is 2.00. The van der Waals surface area contributed by atoms with Gasteiger partial charge in [0.25, 0.3) is 0 Å². The molecule has 4 heteroatoms. The number of nitrogens with zero attached hydrogens (tertiary/aromatic N) is 1. The zero-order valence-electron chi connectivity index (χ0n) is 7.66. The fourth-order valence-electron chi connectivity index (χ4n) is 0.729. The van der Waals surface area contributed by atoms with Crippen molar-refractivity contribution in [2.45, 2.75) is 13.0 Å². The predicted molar refractivity (Wildman–Crippen MR) is 51.2 cm³/mol. The van der Waals surface area contributed by atoms with Crippen molar-refractivity contribution >= 4 is 11.6 Å². The van der Waals surface area contributed by atoms with Crippen molar-refractivity contribution in [1.82, 2.24) is 4.98 Å². The molecule has 0 saturated carbocycles. The quantitative estimate of drug-likeness (QED) is 0.700. The summed E-state index contributed by atoms with van der Waals surface area (Å²) in [6.07, 6.45) is 1.67. The van der Waals surface area contributed by atoms with Gasteiger partial charge in [-0.05, 0) is 19.1 Å². The van der Waals surface area contributed by atoms with E-state index in [-0.39, 0.29) is 6.10 Å². The molecule has 0 aliphatic carbocycles. The molecule has 0 aliphatic heterocycles. The van der Waals surface area contributed by atoms with Crippen molar-refractivity contribution < 1.29 is 9.47 Å². The van der Waals surface area contributed by atoms with Gasteiger partial charge < -0.3 is 9.47 Å². The number of pyridine rings is 1. The molecular weight excluding hydrogens is 190 g/mol. The van der Waals surface area contributed by atoms with E-state index in [1.807, 2.05) is 6.92 Å². The fourth-order valence-corrected chi connectivity index (χ4v) is 0.841. The number of ether oxygens (including phenoxy) is 2. The molecule has 1 unspecified atom stereocenters. The van der Waals surface area contributed by atoms with Gasteiger partial charge in [-0.15, -0.1) is 0 Å². The van der Waals surface area contributed by atoms with E-state index in [9.17, 15) is 0 Å². The smallest absolute Gasteiger partial charge is 0.137 e. The molecule has 72 valence electrons. The predicted octanol–water partition coefficient (Wildman–Crippen LogP) is 2.15. The zero-order valence-corrected chi connectivity index (χ0v) is 8.41. The van der Waals surface area contributed by atoms with Gasteiger partial charge in [-0.25, -0.2) is 4.98 Å². The van der Waals surface area contributed by atoms with Gasteiger partial charge in [-0.3, -0.25) is 0 Å². The third kappa shape index (κ3) is 3.61. The topological polar surface area (TPSA) is 31.4 Å². The first-order chi connectivity index (χ1) is 6.22. The Hall–Kier alpha value is -0.800. The highest BCUT2D eigenvalue weighted by molar-refractivity contribution is 6.29. The molecule has 0 aliphatic rings. The molecule has 0 bridgehead atoms. The Bertz CT molecular complexity index is 250. The first-order valence-corrected chi connectivity index (χ1v) is 4.37. The molecule has 1 atom stereocenters. The lowest BCUT2D eigenvalue weighted by atomic mass is 10.4. The average Bonchev–Trinajstić information content (AvgIpc) is 2.16. The van der Waals surface area contributed by atoms with Crippen LogP contribution in [-0.2, 0) is 4.74 Å². The maximum absolute atomic E-state index is 5.61. The summed E-state index contributed by atoms with van der Waals surface area (Å²) in [6.45, 7) is 2.45. The highest BCUT2D eigenvalue weighted by atomic mass is 35.5. The summed E-state index contributed by atoms with van der Waals surface area (Å²) < 4.78 is 10.4. The Morgan fingerprint density at radius 3 is 2.85 bits per heavy atom.